The molecular weight excluding hydrogens is 404 g/mol. The molecule has 0 saturated carbocycles. The third-order valence-electron chi connectivity index (χ3n) is 4.19. The Bertz CT molecular complexity index is 1110. The van der Waals surface area contributed by atoms with Crippen LogP contribution in [0, 0.1) is 0 Å². The summed E-state index contributed by atoms with van der Waals surface area (Å²) >= 11 is 0. The van der Waals surface area contributed by atoms with Crippen molar-refractivity contribution >= 4 is 27.3 Å². The van der Waals surface area contributed by atoms with Gasteiger partial charge in [-0.2, -0.15) is 0 Å². The van der Waals surface area contributed by atoms with Gasteiger partial charge < -0.3 is 14.8 Å². The van der Waals surface area contributed by atoms with Crippen molar-refractivity contribution < 1.29 is 22.7 Å². The molecule has 0 saturated heterocycles. The molecule has 0 spiro atoms. The Morgan fingerprint density at radius 3 is 2.30 bits per heavy atom. The average Bonchev–Trinajstić information content (AvgIpc) is 2.76. The van der Waals surface area contributed by atoms with Crippen molar-refractivity contribution in [1.82, 2.24) is 0 Å². The van der Waals surface area contributed by atoms with Gasteiger partial charge in [0, 0.05) is 11.3 Å². The summed E-state index contributed by atoms with van der Waals surface area (Å²) in [5, 5.41) is 2.73. The zero-order valence-corrected chi connectivity index (χ0v) is 17.4. The van der Waals surface area contributed by atoms with E-state index in [-0.39, 0.29) is 16.5 Å². The number of carbonyl (C=O) groups is 1. The first-order valence-corrected chi connectivity index (χ1v) is 10.7. The lowest BCUT2D eigenvalue weighted by atomic mass is 10.2. The van der Waals surface area contributed by atoms with Gasteiger partial charge in [0.25, 0.3) is 15.9 Å². The van der Waals surface area contributed by atoms with Crippen LogP contribution in [0.25, 0.3) is 0 Å². The molecule has 0 aliphatic carbocycles. The summed E-state index contributed by atoms with van der Waals surface area (Å²) < 4.78 is 38.8. The number of carbonyl (C=O) groups excluding carboxylic acids is 1. The molecule has 1 amide bonds. The Kier molecular flexibility index (Phi) is 6.58. The molecule has 3 aromatic carbocycles. The van der Waals surface area contributed by atoms with E-state index in [2.05, 4.69) is 10.0 Å². The fourth-order valence-corrected chi connectivity index (χ4v) is 3.80. The van der Waals surface area contributed by atoms with Crippen LogP contribution < -0.4 is 19.5 Å². The minimum Gasteiger partial charge on any atom is -0.497 e. The number of anilines is 2. The molecule has 0 atom stereocenters. The van der Waals surface area contributed by atoms with Crippen molar-refractivity contribution in [2.24, 2.45) is 0 Å². The Morgan fingerprint density at radius 2 is 1.67 bits per heavy atom. The van der Waals surface area contributed by atoms with Crippen molar-refractivity contribution in [3.8, 4) is 11.5 Å². The number of hydrogen-bond donors (Lipinski definition) is 2. The largest absolute Gasteiger partial charge is 0.497 e. The Balaban J connectivity index is 1.89. The lowest BCUT2D eigenvalue weighted by Gasteiger charge is -2.14. The number of methoxy groups -OCH3 is 1. The van der Waals surface area contributed by atoms with Crippen molar-refractivity contribution in [3.05, 3.63) is 78.4 Å². The lowest BCUT2D eigenvalue weighted by Crippen LogP contribution is -2.16. The minimum absolute atomic E-state index is 0.00914. The van der Waals surface area contributed by atoms with E-state index in [1.165, 1.54) is 25.3 Å². The van der Waals surface area contributed by atoms with Crippen LogP contribution in [-0.4, -0.2) is 28.0 Å². The molecule has 0 aliphatic rings. The van der Waals surface area contributed by atoms with E-state index >= 15 is 0 Å². The van der Waals surface area contributed by atoms with E-state index < -0.39 is 10.0 Å². The van der Waals surface area contributed by atoms with Crippen LogP contribution in [0.15, 0.2) is 77.7 Å². The molecule has 0 fully saturated rings. The maximum atomic E-state index is 12.8. The van der Waals surface area contributed by atoms with Crippen molar-refractivity contribution in [3.63, 3.8) is 0 Å². The number of sulfonamides is 1. The molecule has 3 aromatic rings. The smallest absolute Gasteiger partial charge is 0.261 e. The SMILES string of the molecule is CCOc1ccc(S(=O)(=O)Nc2ccc(OC)cc2)cc1NC(=O)c1ccccc1. The highest BCUT2D eigenvalue weighted by Gasteiger charge is 2.18. The standard InChI is InChI=1S/C22H22N2O5S/c1-3-29-21-14-13-19(15-20(21)23-22(25)16-7-5-4-6-8-16)30(26,27)24-17-9-11-18(28-2)12-10-17/h4-15,24H,3H2,1-2H3,(H,23,25). The quantitative estimate of drug-likeness (QED) is 0.564. The van der Waals surface area contributed by atoms with E-state index in [0.29, 0.717) is 29.4 Å². The maximum absolute atomic E-state index is 12.8. The van der Waals surface area contributed by atoms with E-state index in [1.54, 1.807) is 61.5 Å². The van der Waals surface area contributed by atoms with Crippen LogP contribution in [-0.2, 0) is 10.0 Å². The number of amides is 1. The monoisotopic (exact) mass is 426 g/mol. The van der Waals surface area contributed by atoms with Crippen LogP contribution in [0.5, 0.6) is 11.5 Å². The maximum Gasteiger partial charge on any atom is 0.261 e. The zero-order valence-electron chi connectivity index (χ0n) is 16.6. The highest BCUT2D eigenvalue weighted by Crippen LogP contribution is 2.29. The summed E-state index contributed by atoms with van der Waals surface area (Å²) in [6.45, 7) is 2.17. The van der Waals surface area contributed by atoms with Crippen LogP contribution in [0.2, 0.25) is 0 Å². The second-order valence-electron chi connectivity index (χ2n) is 6.25. The van der Waals surface area contributed by atoms with E-state index in [0.717, 1.165) is 0 Å². The molecule has 0 radical (unpaired) electrons. The zero-order chi connectivity index (χ0) is 21.6. The number of rotatable bonds is 8. The molecule has 7 nitrogen and oxygen atoms in total. The van der Waals surface area contributed by atoms with Crippen molar-refractivity contribution in [2.75, 3.05) is 23.8 Å². The van der Waals surface area contributed by atoms with Gasteiger partial charge >= 0.3 is 0 Å². The molecule has 2 N–H and O–H groups in total. The molecule has 0 aromatic heterocycles. The fourth-order valence-electron chi connectivity index (χ4n) is 2.71. The Morgan fingerprint density at radius 1 is 0.967 bits per heavy atom. The van der Waals surface area contributed by atoms with Gasteiger partial charge in [-0.15, -0.1) is 0 Å². The summed E-state index contributed by atoms with van der Waals surface area (Å²) in [5.41, 5.74) is 1.10. The van der Waals surface area contributed by atoms with E-state index in [9.17, 15) is 13.2 Å². The first kappa shape index (κ1) is 21.2. The highest BCUT2D eigenvalue weighted by molar-refractivity contribution is 7.92. The molecule has 0 bridgehead atoms. The molecule has 0 heterocycles. The van der Waals surface area contributed by atoms with E-state index in [1.807, 2.05) is 0 Å². The molecule has 0 aliphatic heterocycles. The predicted octanol–water partition coefficient (Wildman–Crippen LogP) is 4.15. The van der Waals surface area contributed by atoms with Gasteiger partial charge in [-0.3, -0.25) is 9.52 Å². The first-order valence-electron chi connectivity index (χ1n) is 9.23. The fraction of sp³-hybridized carbons (Fsp3) is 0.136. The third kappa shape index (κ3) is 5.09. The third-order valence-corrected chi connectivity index (χ3v) is 5.57. The average molecular weight is 426 g/mol. The van der Waals surface area contributed by atoms with E-state index in [4.69, 9.17) is 9.47 Å². The molecule has 0 unspecified atom stereocenters. The molecule has 3 rings (SSSR count). The van der Waals surface area contributed by atoms with Crippen LogP contribution in [0.1, 0.15) is 17.3 Å². The molecule has 8 heteroatoms. The van der Waals surface area contributed by atoms with Gasteiger partial charge in [-0.1, -0.05) is 18.2 Å². The van der Waals surface area contributed by atoms with Crippen molar-refractivity contribution in [1.29, 1.82) is 0 Å². The van der Waals surface area contributed by atoms with Gasteiger partial charge in [-0.25, -0.2) is 8.42 Å². The Hall–Kier alpha value is -3.52. The van der Waals surface area contributed by atoms with Crippen LogP contribution >= 0.6 is 0 Å². The summed E-state index contributed by atoms with van der Waals surface area (Å²) in [7, 11) is -2.35. The first-order chi connectivity index (χ1) is 14.4. The summed E-state index contributed by atoms with van der Waals surface area (Å²) in [6.07, 6.45) is 0. The number of nitrogens with one attached hydrogen (secondary N) is 2. The lowest BCUT2D eigenvalue weighted by molar-refractivity contribution is 0.102. The second kappa shape index (κ2) is 9.32. The summed E-state index contributed by atoms with van der Waals surface area (Å²) in [6, 6.07) is 19.5. The predicted molar refractivity (Wildman–Crippen MR) is 116 cm³/mol. The van der Waals surface area contributed by atoms with Crippen LogP contribution in [0.4, 0.5) is 11.4 Å². The Labute approximate surface area is 175 Å². The number of hydrogen-bond acceptors (Lipinski definition) is 5. The highest BCUT2D eigenvalue weighted by atomic mass is 32.2. The molecule has 156 valence electrons. The van der Waals surface area contributed by atoms with Crippen LogP contribution in [0.3, 0.4) is 0 Å². The molecular formula is C22H22N2O5S. The minimum atomic E-state index is -3.89. The van der Waals surface area contributed by atoms with Gasteiger partial charge in [0.1, 0.15) is 11.5 Å². The topological polar surface area (TPSA) is 93.7 Å². The number of ether oxygens (including phenoxy) is 2. The molecule has 30 heavy (non-hydrogen) atoms. The van der Waals surface area contributed by atoms with Gasteiger partial charge in [0.2, 0.25) is 0 Å². The van der Waals surface area contributed by atoms with Gasteiger partial charge in [0.05, 0.1) is 24.3 Å². The summed E-state index contributed by atoms with van der Waals surface area (Å²) in [4.78, 5) is 12.5. The van der Waals surface area contributed by atoms with Gasteiger partial charge in [0.15, 0.2) is 0 Å². The van der Waals surface area contributed by atoms with Gasteiger partial charge in [-0.05, 0) is 61.5 Å². The number of benzene rings is 3. The normalized spacial score (nSPS) is 10.9. The summed E-state index contributed by atoms with van der Waals surface area (Å²) in [5.74, 6) is 0.629. The second-order valence-corrected chi connectivity index (χ2v) is 7.93. The van der Waals surface area contributed by atoms with Crippen molar-refractivity contribution in [2.45, 2.75) is 11.8 Å².